The molecule has 5 rings (SSSR count). The zero-order chi connectivity index (χ0) is 23.0. The molecule has 0 unspecified atom stereocenters. The van der Waals surface area contributed by atoms with Gasteiger partial charge in [0, 0.05) is 0 Å². The van der Waals surface area contributed by atoms with Crippen molar-refractivity contribution in [3.63, 3.8) is 0 Å². The Kier molecular flexibility index (Phi) is 5.52. The summed E-state index contributed by atoms with van der Waals surface area (Å²) in [7, 11) is -2.06. The highest BCUT2D eigenvalue weighted by Crippen LogP contribution is 2.56. The summed E-state index contributed by atoms with van der Waals surface area (Å²) >= 11 is 0. The molecule has 1 heterocycles. The van der Waals surface area contributed by atoms with Crippen LogP contribution in [0.5, 0.6) is 0 Å². The fourth-order valence-corrected chi connectivity index (χ4v) is 9.26. The zero-order valence-corrected chi connectivity index (χ0v) is 20.9. The third-order valence-electron chi connectivity index (χ3n) is 6.95. The third kappa shape index (κ3) is 3.63. The van der Waals surface area contributed by atoms with Crippen molar-refractivity contribution >= 4 is 29.6 Å². The van der Waals surface area contributed by atoms with Crippen LogP contribution in [0.1, 0.15) is 33.4 Å². The fraction of sp³-hybridized carbons (Fsp3) is 0.125. The molecule has 0 aliphatic carbocycles. The molecular formula is C32H30Si. The number of allylic oxidation sites excluding steroid dienone is 2. The average Bonchev–Trinajstić information content (AvgIpc) is 3.07. The predicted octanol–water partition coefficient (Wildman–Crippen LogP) is 8.63. The summed E-state index contributed by atoms with van der Waals surface area (Å²) in [5.41, 5.74) is 10.9. The Hall–Kier alpha value is -3.42. The summed E-state index contributed by atoms with van der Waals surface area (Å²) in [6, 6.07) is 39.9. The number of benzene rings is 4. The van der Waals surface area contributed by atoms with Gasteiger partial charge in [0.1, 0.15) is 8.07 Å². The molecule has 0 aromatic heterocycles. The number of hydrogen-bond donors (Lipinski definition) is 0. The van der Waals surface area contributed by atoms with Crippen LogP contribution in [0.3, 0.4) is 0 Å². The molecule has 4 aromatic carbocycles. The van der Waals surface area contributed by atoms with Crippen molar-refractivity contribution in [2.45, 2.75) is 26.9 Å². The largest absolute Gasteiger partial charge is 0.115 e. The summed E-state index contributed by atoms with van der Waals surface area (Å²) in [6.07, 6.45) is 0. The van der Waals surface area contributed by atoms with Crippen LogP contribution in [-0.4, -0.2) is 8.07 Å². The molecule has 0 saturated heterocycles. The Morgan fingerprint density at radius 1 is 0.424 bits per heavy atom. The van der Waals surface area contributed by atoms with Gasteiger partial charge in [-0.2, -0.15) is 0 Å². The van der Waals surface area contributed by atoms with E-state index in [0.717, 1.165) is 0 Å². The first kappa shape index (κ1) is 21.4. The summed E-state index contributed by atoms with van der Waals surface area (Å²) in [5, 5.41) is 3.07. The van der Waals surface area contributed by atoms with E-state index in [2.05, 4.69) is 136 Å². The van der Waals surface area contributed by atoms with Gasteiger partial charge in [-0.3, -0.25) is 0 Å². The number of hydrogen-bond acceptors (Lipinski definition) is 0. The Balaban J connectivity index is 1.97. The average molecular weight is 443 g/mol. The molecule has 1 heteroatoms. The minimum atomic E-state index is -2.06. The van der Waals surface area contributed by atoms with Crippen molar-refractivity contribution in [3.8, 4) is 0 Å². The van der Waals surface area contributed by atoms with Crippen LogP contribution in [0.25, 0.3) is 21.5 Å². The monoisotopic (exact) mass is 442 g/mol. The Morgan fingerprint density at radius 2 is 0.758 bits per heavy atom. The first-order valence-corrected chi connectivity index (χ1v) is 14.7. The molecule has 0 saturated carbocycles. The van der Waals surface area contributed by atoms with Gasteiger partial charge in [-0.05, 0) is 68.8 Å². The molecule has 33 heavy (non-hydrogen) atoms. The second-order valence-corrected chi connectivity index (χ2v) is 13.7. The molecule has 1 aliphatic heterocycles. The molecule has 0 atom stereocenters. The highest BCUT2D eigenvalue weighted by molar-refractivity contribution is 7.13. The molecule has 0 fully saturated rings. The SMILES string of the molecule is Cc1ccccc1C1=C(c2ccccc2)[Si](C)(C)C(c2ccccc2)=C1c1ccccc1C. The lowest BCUT2D eigenvalue weighted by Gasteiger charge is -2.26. The van der Waals surface area contributed by atoms with Crippen molar-refractivity contribution in [3.05, 3.63) is 143 Å². The molecule has 0 amide bonds. The van der Waals surface area contributed by atoms with Gasteiger partial charge in [0.2, 0.25) is 0 Å². The topological polar surface area (TPSA) is 0 Å². The minimum absolute atomic E-state index is 1.33. The van der Waals surface area contributed by atoms with Gasteiger partial charge in [0.25, 0.3) is 0 Å². The third-order valence-corrected chi connectivity index (χ3v) is 10.5. The quantitative estimate of drug-likeness (QED) is 0.277. The minimum Gasteiger partial charge on any atom is -0.0622 e. The van der Waals surface area contributed by atoms with E-state index in [-0.39, 0.29) is 0 Å². The lowest BCUT2D eigenvalue weighted by molar-refractivity contribution is 1.41. The normalized spacial score (nSPS) is 15.3. The van der Waals surface area contributed by atoms with E-state index in [9.17, 15) is 0 Å². The summed E-state index contributed by atoms with van der Waals surface area (Å²) in [5.74, 6) is 0. The van der Waals surface area contributed by atoms with Crippen molar-refractivity contribution in [2.75, 3.05) is 0 Å². The van der Waals surface area contributed by atoms with Crippen molar-refractivity contribution in [1.82, 2.24) is 0 Å². The predicted molar refractivity (Wildman–Crippen MR) is 146 cm³/mol. The van der Waals surface area contributed by atoms with E-state index < -0.39 is 8.07 Å². The molecule has 0 bridgehead atoms. The second kappa shape index (κ2) is 8.50. The van der Waals surface area contributed by atoms with Gasteiger partial charge >= 0.3 is 0 Å². The Morgan fingerprint density at radius 3 is 1.12 bits per heavy atom. The van der Waals surface area contributed by atoms with E-state index in [1.54, 1.807) is 0 Å². The maximum atomic E-state index is 2.53. The van der Waals surface area contributed by atoms with Gasteiger partial charge in [-0.25, -0.2) is 0 Å². The van der Waals surface area contributed by atoms with Gasteiger partial charge < -0.3 is 0 Å². The summed E-state index contributed by atoms with van der Waals surface area (Å²) < 4.78 is 0. The first-order chi connectivity index (χ1) is 16.0. The van der Waals surface area contributed by atoms with Crippen LogP contribution < -0.4 is 0 Å². The maximum Gasteiger partial charge on any atom is 0.115 e. The van der Waals surface area contributed by atoms with Crippen LogP contribution in [0.15, 0.2) is 109 Å². The lowest BCUT2D eigenvalue weighted by atomic mass is 9.86. The van der Waals surface area contributed by atoms with Crippen molar-refractivity contribution in [2.24, 2.45) is 0 Å². The summed E-state index contributed by atoms with van der Waals surface area (Å²) in [4.78, 5) is 0. The second-order valence-electron chi connectivity index (χ2n) is 9.49. The molecule has 162 valence electrons. The molecular weight excluding hydrogens is 412 g/mol. The van der Waals surface area contributed by atoms with Crippen LogP contribution in [0, 0.1) is 13.8 Å². The lowest BCUT2D eigenvalue weighted by Crippen LogP contribution is -2.28. The number of rotatable bonds is 4. The molecule has 0 N–H and O–H groups in total. The van der Waals surface area contributed by atoms with E-state index in [1.165, 1.54) is 54.9 Å². The van der Waals surface area contributed by atoms with E-state index in [4.69, 9.17) is 0 Å². The molecule has 0 radical (unpaired) electrons. The van der Waals surface area contributed by atoms with Crippen LogP contribution >= 0.6 is 0 Å². The number of aryl methyl sites for hydroxylation is 2. The molecule has 0 spiro atoms. The molecule has 1 aliphatic rings. The first-order valence-electron chi connectivity index (χ1n) is 11.7. The highest BCUT2D eigenvalue weighted by atomic mass is 28.3. The van der Waals surface area contributed by atoms with Crippen LogP contribution in [0.4, 0.5) is 0 Å². The Bertz CT molecular complexity index is 1270. The maximum absolute atomic E-state index is 2.53. The fourth-order valence-electron chi connectivity index (χ4n) is 5.47. The summed E-state index contributed by atoms with van der Waals surface area (Å²) in [6.45, 7) is 9.55. The Labute approximate surface area is 199 Å². The van der Waals surface area contributed by atoms with Crippen molar-refractivity contribution in [1.29, 1.82) is 0 Å². The molecule has 0 nitrogen and oxygen atoms in total. The van der Waals surface area contributed by atoms with Gasteiger partial charge in [0.05, 0.1) is 0 Å². The van der Waals surface area contributed by atoms with Crippen LogP contribution in [0.2, 0.25) is 13.1 Å². The van der Waals surface area contributed by atoms with Crippen molar-refractivity contribution < 1.29 is 0 Å². The smallest absolute Gasteiger partial charge is 0.0622 e. The standard InChI is InChI=1S/C32H30Si/c1-23-15-11-13-21-27(23)29-30(28-22-14-12-16-24(28)2)32(26-19-9-6-10-20-26)33(3,4)31(29)25-17-7-5-8-18-25/h5-22H,1-4H3. The zero-order valence-electron chi connectivity index (χ0n) is 19.9. The van der Waals surface area contributed by atoms with Gasteiger partial charge in [-0.15, -0.1) is 0 Å². The van der Waals surface area contributed by atoms with E-state index >= 15 is 0 Å². The van der Waals surface area contributed by atoms with E-state index in [0.29, 0.717) is 0 Å². The van der Waals surface area contributed by atoms with Crippen LogP contribution in [-0.2, 0) is 0 Å². The highest BCUT2D eigenvalue weighted by Gasteiger charge is 2.44. The molecule has 4 aromatic rings. The van der Waals surface area contributed by atoms with Gasteiger partial charge in [0.15, 0.2) is 0 Å². The van der Waals surface area contributed by atoms with E-state index in [1.807, 2.05) is 0 Å². The van der Waals surface area contributed by atoms with Gasteiger partial charge in [-0.1, -0.05) is 122 Å².